The molecule has 0 fully saturated rings. The number of phenols is 1. The number of nitrogens with one attached hydrogen (secondary N) is 1. The molecule has 0 atom stereocenters. The smallest absolute Gasteiger partial charge is 0.296 e. The molecule has 0 saturated heterocycles. The van der Waals surface area contributed by atoms with Crippen LogP contribution >= 0.6 is 23.2 Å². The number of hydrogen-bond acceptors (Lipinski definition) is 7. The fraction of sp³-hybridized carbons (Fsp3) is 0.115. The number of amides is 1. The molecule has 0 unspecified atom stereocenters. The number of benzene rings is 4. The van der Waals surface area contributed by atoms with E-state index in [9.17, 15) is 22.9 Å². The lowest BCUT2D eigenvalue weighted by Crippen LogP contribution is -2.12. The maximum atomic E-state index is 13.2. The van der Waals surface area contributed by atoms with Gasteiger partial charge in [0.25, 0.3) is 16.0 Å². The summed E-state index contributed by atoms with van der Waals surface area (Å²) >= 11 is 12.4. The first-order valence-corrected chi connectivity index (χ1v) is 13.3. The molecule has 0 radical (unpaired) electrons. The Labute approximate surface area is 228 Å². The Morgan fingerprint density at radius 1 is 1.05 bits per heavy atom. The van der Waals surface area contributed by atoms with Crippen molar-refractivity contribution < 1.29 is 27.6 Å². The normalized spacial score (nSPS) is 11.7. The van der Waals surface area contributed by atoms with Crippen molar-refractivity contribution in [2.24, 2.45) is 10.2 Å². The molecule has 4 rings (SSSR count). The zero-order chi connectivity index (χ0) is 27.6. The average molecular weight is 574 g/mol. The number of methoxy groups -OCH3 is 1. The number of carbonyl (C=O) groups excluding carboxylic acids is 1. The van der Waals surface area contributed by atoms with Crippen LogP contribution in [0.1, 0.15) is 22.8 Å². The van der Waals surface area contributed by atoms with E-state index in [1.807, 2.05) is 0 Å². The second-order valence-electron chi connectivity index (χ2n) is 8.10. The summed E-state index contributed by atoms with van der Waals surface area (Å²) in [4.78, 5) is 12.7. The maximum Gasteiger partial charge on any atom is 0.296 e. The standard InChI is InChI=1S/C26H21Cl2N3O6S/c1-3-14-10-21(23(28)22(11-14)38(34,35)36)30-31-24-17-7-5-4-6-15(17)12-18(25(24)32)26(33)29-20-13-16(37-2)8-9-19(20)27/h4-13,32H,3H2,1-2H3,(H,29,33)(H,34,35,36). The summed E-state index contributed by atoms with van der Waals surface area (Å²) in [7, 11) is -3.15. The van der Waals surface area contributed by atoms with Crippen LogP contribution in [0.15, 0.2) is 75.8 Å². The van der Waals surface area contributed by atoms with Crippen molar-refractivity contribution in [3.63, 3.8) is 0 Å². The van der Waals surface area contributed by atoms with Crippen molar-refractivity contribution in [1.82, 2.24) is 0 Å². The number of ether oxygens (including phenoxy) is 1. The van der Waals surface area contributed by atoms with E-state index in [-0.39, 0.29) is 32.7 Å². The third kappa shape index (κ3) is 5.58. The van der Waals surface area contributed by atoms with E-state index in [0.717, 1.165) is 0 Å². The Morgan fingerprint density at radius 3 is 2.47 bits per heavy atom. The second kappa shape index (κ2) is 11.0. The first-order valence-electron chi connectivity index (χ1n) is 11.1. The number of azo groups is 1. The summed E-state index contributed by atoms with van der Waals surface area (Å²) in [5.74, 6) is -0.668. The van der Waals surface area contributed by atoms with Gasteiger partial charge >= 0.3 is 0 Å². The van der Waals surface area contributed by atoms with E-state index < -0.39 is 26.7 Å². The summed E-state index contributed by atoms with van der Waals surface area (Å²) in [6.07, 6.45) is 0.429. The molecule has 0 aromatic heterocycles. The molecular weight excluding hydrogens is 553 g/mol. The van der Waals surface area contributed by atoms with Crippen molar-refractivity contribution in [2.45, 2.75) is 18.2 Å². The molecule has 0 spiro atoms. The minimum atomic E-state index is -4.63. The van der Waals surface area contributed by atoms with Gasteiger partial charge in [-0.25, -0.2) is 0 Å². The third-order valence-electron chi connectivity index (χ3n) is 5.69. The SMILES string of the molecule is CCc1cc(N=Nc2c(O)c(C(=O)Nc3cc(OC)ccc3Cl)cc3ccccc23)c(Cl)c(S(=O)(=O)O)c1. The highest BCUT2D eigenvalue weighted by Crippen LogP contribution is 2.41. The molecule has 1 amide bonds. The van der Waals surface area contributed by atoms with Gasteiger partial charge in [0, 0.05) is 11.5 Å². The number of anilines is 1. The summed E-state index contributed by atoms with van der Waals surface area (Å²) in [6.45, 7) is 1.79. The van der Waals surface area contributed by atoms with Gasteiger partial charge in [-0.05, 0) is 47.7 Å². The van der Waals surface area contributed by atoms with Crippen LogP contribution in [0.2, 0.25) is 10.0 Å². The number of rotatable bonds is 7. The number of carbonyl (C=O) groups is 1. The van der Waals surface area contributed by atoms with Crippen LogP contribution < -0.4 is 10.1 Å². The van der Waals surface area contributed by atoms with Gasteiger partial charge in [-0.3, -0.25) is 9.35 Å². The Balaban J connectivity index is 1.83. The third-order valence-corrected chi connectivity index (χ3v) is 7.40. The van der Waals surface area contributed by atoms with Crippen molar-refractivity contribution in [3.05, 3.63) is 81.8 Å². The minimum Gasteiger partial charge on any atom is -0.505 e. The fourth-order valence-electron chi connectivity index (χ4n) is 3.72. The van der Waals surface area contributed by atoms with E-state index in [4.69, 9.17) is 27.9 Å². The average Bonchev–Trinajstić information content (AvgIpc) is 2.89. The number of aromatic hydroxyl groups is 1. The van der Waals surface area contributed by atoms with Gasteiger partial charge in [-0.15, -0.1) is 10.2 Å². The molecule has 196 valence electrons. The molecule has 0 aliphatic heterocycles. The molecule has 0 saturated carbocycles. The summed E-state index contributed by atoms with van der Waals surface area (Å²) in [6, 6.07) is 15.9. The highest BCUT2D eigenvalue weighted by molar-refractivity contribution is 7.86. The number of aryl methyl sites for hydroxylation is 1. The van der Waals surface area contributed by atoms with Gasteiger partial charge in [0.15, 0.2) is 5.75 Å². The first-order chi connectivity index (χ1) is 18.0. The van der Waals surface area contributed by atoms with Crippen LogP contribution in [-0.4, -0.2) is 31.1 Å². The molecule has 38 heavy (non-hydrogen) atoms. The van der Waals surface area contributed by atoms with E-state index in [1.165, 1.54) is 31.4 Å². The highest BCUT2D eigenvalue weighted by atomic mass is 35.5. The van der Waals surface area contributed by atoms with E-state index >= 15 is 0 Å². The van der Waals surface area contributed by atoms with Gasteiger partial charge < -0.3 is 15.2 Å². The Bertz CT molecular complexity index is 1710. The van der Waals surface area contributed by atoms with Gasteiger partial charge in [-0.2, -0.15) is 8.42 Å². The molecule has 0 bridgehead atoms. The summed E-state index contributed by atoms with van der Waals surface area (Å²) in [5.41, 5.74) is 0.612. The van der Waals surface area contributed by atoms with Crippen molar-refractivity contribution in [3.8, 4) is 11.5 Å². The molecule has 4 aromatic carbocycles. The van der Waals surface area contributed by atoms with Crippen molar-refractivity contribution in [1.29, 1.82) is 0 Å². The lowest BCUT2D eigenvalue weighted by molar-refractivity contribution is 0.102. The number of fused-ring (bicyclic) bond motifs is 1. The molecule has 0 heterocycles. The van der Waals surface area contributed by atoms with Gasteiger partial charge in [0.2, 0.25) is 0 Å². The molecule has 12 heteroatoms. The molecule has 0 aliphatic rings. The second-order valence-corrected chi connectivity index (χ2v) is 10.3. The van der Waals surface area contributed by atoms with Crippen LogP contribution in [0.4, 0.5) is 17.1 Å². The molecular formula is C26H21Cl2N3O6S. The topological polar surface area (TPSA) is 138 Å². The Morgan fingerprint density at radius 2 is 1.79 bits per heavy atom. The van der Waals surface area contributed by atoms with Gasteiger partial charge in [0.05, 0.1) is 28.4 Å². The first kappa shape index (κ1) is 27.3. The summed E-state index contributed by atoms with van der Waals surface area (Å²) < 4.78 is 38.4. The predicted molar refractivity (Wildman–Crippen MR) is 146 cm³/mol. The molecule has 0 aliphatic carbocycles. The number of phenolic OH excluding ortho intramolecular Hbond substituents is 1. The number of halogens is 2. The predicted octanol–water partition coefficient (Wildman–Crippen LogP) is 7.34. The van der Waals surface area contributed by atoms with Crippen molar-refractivity contribution >= 4 is 67.1 Å². The van der Waals surface area contributed by atoms with E-state index in [1.54, 1.807) is 43.3 Å². The highest BCUT2D eigenvalue weighted by Gasteiger charge is 2.21. The molecule has 9 nitrogen and oxygen atoms in total. The molecule has 3 N–H and O–H groups in total. The lowest BCUT2D eigenvalue weighted by atomic mass is 10.0. The Hall–Kier alpha value is -3.70. The monoisotopic (exact) mass is 573 g/mol. The number of hydrogen-bond donors (Lipinski definition) is 3. The summed E-state index contributed by atoms with van der Waals surface area (Å²) in [5, 5.41) is 23.0. The van der Waals surface area contributed by atoms with Gasteiger partial charge in [0.1, 0.15) is 22.0 Å². The fourth-order valence-corrected chi connectivity index (χ4v) is 4.95. The quantitative estimate of drug-likeness (QED) is 0.156. The Kier molecular flexibility index (Phi) is 7.89. The van der Waals surface area contributed by atoms with Crippen molar-refractivity contribution in [2.75, 3.05) is 12.4 Å². The number of nitrogens with zero attached hydrogens (tertiary/aromatic N) is 2. The van der Waals surface area contributed by atoms with Gasteiger partial charge in [-0.1, -0.05) is 54.4 Å². The maximum absolute atomic E-state index is 13.2. The minimum absolute atomic E-state index is 0.0415. The van der Waals surface area contributed by atoms with Crippen LogP contribution in [-0.2, 0) is 16.5 Å². The van der Waals surface area contributed by atoms with Crippen LogP contribution in [0, 0.1) is 0 Å². The molecule has 4 aromatic rings. The van der Waals surface area contributed by atoms with Crippen LogP contribution in [0.3, 0.4) is 0 Å². The zero-order valence-electron chi connectivity index (χ0n) is 20.1. The van der Waals surface area contributed by atoms with Crippen LogP contribution in [0.25, 0.3) is 10.8 Å². The lowest BCUT2D eigenvalue weighted by Gasteiger charge is -2.13. The van der Waals surface area contributed by atoms with Crippen LogP contribution in [0.5, 0.6) is 11.5 Å². The van der Waals surface area contributed by atoms with E-state index in [0.29, 0.717) is 28.5 Å². The van der Waals surface area contributed by atoms with E-state index in [2.05, 4.69) is 15.5 Å². The largest absolute Gasteiger partial charge is 0.505 e. The zero-order valence-corrected chi connectivity index (χ0v) is 22.4.